The zero-order valence-corrected chi connectivity index (χ0v) is 13.8. The van der Waals surface area contributed by atoms with Crippen LogP contribution in [-0.2, 0) is 0 Å². The Morgan fingerprint density at radius 2 is 1.96 bits per heavy atom. The molecule has 6 heteroatoms. The van der Waals surface area contributed by atoms with Crippen LogP contribution in [0.25, 0.3) is 11.3 Å². The minimum Gasteiger partial charge on any atom is -0.493 e. The summed E-state index contributed by atoms with van der Waals surface area (Å²) >= 11 is 1.48. The fourth-order valence-corrected chi connectivity index (χ4v) is 2.96. The van der Waals surface area contributed by atoms with E-state index in [4.69, 9.17) is 9.84 Å². The molecule has 0 bridgehead atoms. The van der Waals surface area contributed by atoms with Gasteiger partial charge in [0.15, 0.2) is 5.13 Å². The summed E-state index contributed by atoms with van der Waals surface area (Å²) in [5.41, 5.74) is 2.84. The fraction of sp³-hybridized carbons (Fsp3) is 0.111. The van der Waals surface area contributed by atoms with Gasteiger partial charge in [-0.3, -0.25) is 0 Å². The molecule has 0 saturated carbocycles. The lowest BCUT2D eigenvalue weighted by Gasteiger charge is -2.07. The van der Waals surface area contributed by atoms with Crippen LogP contribution in [0.1, 0.15) is 17.3 Å². The summed E-state index contributed by atoms with van der Waals surface area (Å²) in [6, 6.07) is 14.4. The van der Waals surface area contributed by atoms with Crippen molar-refractivity contribution in [3.8, 4) is 17.0 Å². The van der Waals surface area contributed by atoms with Crippen molar-refractivity contribution in [3.63, 3.8) is 0 Å². The van der Waals surface area contributed by atoms with Crippen molar-refractivity contribution >= 4 is 28.1 Å². The van der Waals surface area contributed by atoms with E-state index < -0.39 is 5.97 Å². The maximum absolute atomic E-state index is 10.9. The van der Waals surface area contributed by atoms with Crippen molar-refractivity contribution in [2.75, 3.05) is 11.9 Å². The third-order valence-electron chi connectivity index (χ3n) is 3.35. The summed E-state index contributed by atoms with van der Waals surface area (Å²) in [6.45, 7) is 2.55. The number of aromatic nitrogens is 1. The molecule has 0 spiro atoms. The zero-order chi connectivity index (χ0) is 16.9. The fourth-order valence-electron chi connectivity index (χ4n) is 2.23. The first kappa shape index (κ1) is 16.0. The Labute approximate surface area is 143 Å². The van der Waals surface area contributed by atoms with Gasteiger partial charge in [0.2, 0.25) is 0 Å². The van der Waals surface area contributed by atoms with Gasteiger partial charge in [-0.15, -0.1) is 11.3 Å². The van der Waals surface area contributed by atoms with Crippen molar-refractivity contribution in [1.29, 1.82) is 0 Å². The number of thiazole rings is 1. The number of carbonyl (C=O) groups is 1. The molecule has 0 aliphatic rings. The van der Waals surface area contributed by atoms with Crippen LogP contribution in [0.15, 0.2) is 53.9 Å². The van der Waals surface area contributed by atoms with Gasteiger partial charge < -0.3 is 15.2 Å². The lowest BCUT2D eigenvalue weighted by atomic mass is 10.1. The molecule has 0 amide bonds. The molecule has 2 aromatic carbocycles. The highest BCUT2D eigenvalue weighted by Crippen LogP contribution is 2.33. The number of nitrogens with zero attached hydrogens (tertiary/aromatic N) is 1. The second-order valence-corrected chi connectivity index (χ2v) is 5.83. The van der Waals surface area contributed by atoms with Gasteiger partial charge in [-0.05, 0) is 43.3 Å². The Kier molecular flexibility index (Phi) is 4.77. The predicted molar refractivity (Wildman–Crippen MR) is 95.4 cm³/mol. The molecule has 122 valence electrons. The second kappa shape index (κ2) is 7.14. The highest BCUT2D eigenvalue weighted by molar-refractivity contribution is 7.14. The molecule has 0 fully saturated rings. The molecule has 5 nitrogen and oxygen atoms in total. The lowest BCUT2D eigenvalue weighted by molar-refractivity contribution is 0.0697. The number of hydrogen-bond acceptors (Lipinski definition) is 5. The summed E-state index contributed by atoms with van der Waals surface area (Å²) < 4.78 is 5.64. The van der Waals surface area contributed by atoms with Gasteiger partial charge in [0.1, 0.15) is 5.75 Å². The van der Waals surface area contributed by atoms with Gasteiger partial charge >= 0.3 is 5.97 Å². The zero-order valence-electron chi connectivity index (χ0n) is 13.0. The summed E-state index contributed by atoms with van der Waals surface area (Å²) in [4.78, 5) is 15.5. The molecule has 2 N–H and O–H groups in total. The summed E-state index contributed by atoms with van der Waals surface area (Å²) in [7, 11) is 0. The van der Waals surface area contributed by atoms with Crippen LogP contribution in [0.2, 0.25) is 0 Å². The molecule has 0 aliphatic heterocycles. The van der Waals surface area contributed by atoms with Crippen LogP contribution in [-0.4, -0.2) is 22.7 Å². The van der Waals surface area contributed by atoms with Gasteiger partial charge in [-0.1, -0.05) is 12.1 Å². The summed E-state index contributed by atoms with van der Waals surface area (Å²) in [5.74, 6) is -0.131. The third-order valence-corrected chi connectivity index (χ3v) is 4.11. The Morgan fingerprint density at radius 1 is 1.21 bits per heavy atom. The first-order valence-electron chi connectivity index (χ1n) is 7.45. The molecule has 1 heterocycles. The van der Waals surface area contributed by atoms with Crippen molar-refractivity contribution in [2.24, 2.45) is 0 Å². The van der Waals surface area contributed by atoms with Crippen molar-refractivity contribution in [3.05, 3.63) is 59.5 Å². The van der Waals surface area contributed by atoms with E-state index in [-0.39, 0.29) is 5.56 Å². The maximum Gasteiger partial charge on any atom is 0.335 e. The topological polar surface area (TPSA) is 71.5 Å². The number of ether oxygens (including phenoxy) is 1. The first-order chi connectivity index (χ1) is 11.7. The summed E-state index contributed by atoms with van der Waals surface area (Å²) in [5, 5.41) is 14.8. The van der Waals surface area contributed by atoms with Crippen LogP contribution < -0.4 is 10.1 Å². The number of benzene rings is 2. The molecular formula is C18H16N2O3S. The van der Waals surface area contributed by atoms with Crippen molar-refractivity contribution in [2.45, 2.75) is 6.92 Å². The smallest absolute Gasteiger partial charge is 0.335 e. The Morgan fingerprint density at radius 3 is 2.67 bits per heavy atom. The molecule has 0 atom stereocenters. The Bertz CT molecular complexity index is 843. The first-order valence-corrected chi connectivity index (χ1v) is 8.33. The second-order valence-electron chi connectivity index (χ2n) is 4.97. The van der Waals surface area contributed by atoms with E-state index in [0.29, 0.717) is 6.61 Å². The van der Waals surface area contributed by atoms with Gasteiger partial charge in [0, 0.05) is 16.6 Å². The summed E-state index contributed by atoms with van der Waals surface area (Å²) in [6.07, 6.45) is 0. The van der Waals surface area contributed by atoms with E-state index in [1.165, 1.54) is 11.3 Å². The Hall–Kier alpha value is -2.86. The number of nitrogens with one attached hydrogen (secondary N) is 1. The molecule has 0 aliphatic carbocycles. The maximum atomic E-state index is 10.9. The highest BCUT2D eigenvalue weighted by Gasteiger charge is 2.10. The Balaban J connectivity index is 1.80. The number of anilines is 2. The van der Waals surface area contributed by atoms with Gasteiger partial charge in [-0.2, -0.15) is 0 Å². The minimum atomic E-state index is -0.939. The number of aromatic carboxylic acids is 1. The molecular weight excluding hydrogens is 324 g/mol. The van der Waals surface area contributed by atoms with Crippen molar-refractivity contribution < 1.29 is 14.6 Å². The van der Waals surface area contributed by atoms with Crippen molar-refractivity contribution in [1.82, 2.24) is 4.98 Å². The van der Waals surface area contributed by atoms with E-state index in [1.54, 1.807) is 24.3 Å². The number of para-hydroxylation sites is 1. The quantitative estimate of drug-likeness (QED) is 0.683. The number of carboxylic acid groups (broad SMARTS) is 1. The normalized spacial score (nSPS) is 10.4. The van der Waals surface area contributed by atoms with E-state index in [9.17, 15) is 4.79 Å². The van der Waals surface area contributed by atoms with Gasteiger partial charge in [0.05, 0.1) is 17.9 Å². The number of rotatable bonds is 6. The van der Waals surface area contributed by atoms with Crippen LogP contribution >= 0.6 is 11.3 Å². The van der Waals surface area contributed by atoms with Crippen LogP contribution in [0.3, 0.4) is 0 Å². The molecule has 0 radical (unpaired) electrons. The molecule has 1 aromatic heterocycles. The monoisotopic (exact) mass is 340 g/mol. The number of carboxylic acids is 1. The SMILES string of the molecule is CCOc1ccccc1-c1csc(Nc2ccc(C(=O)O)cc2)n1. The average molecular weight is 340 g/mol. The van der Waals surface area contributed by atoms with Crippen LogP contribution in [0.4, 0.5) is 10.8 Å². The largest absolute Gasteiger partial charge is 0.493 e. The van der Waals surface area contributed by atoms with Gasteiger partial charge in [-0.25, -0.2) is 9.78 Å². The van der Waals surface area contributed by atoms with Crippen LogP contribution in [0.5, 0.6) is 5.75 Å². The standard InChI is InChI=1S/C18H16N2O3S/c1-2-23-16-6-4-3-5-14(16)15-11-24-18(20-15)19-13-9-7-12(8-10-13)17(21)22/h3-11H,2H2,1H3,(H,19,20)(H,21,22). The predicted octanol–water partition coefficient (Wildman–Crippen LogP) is 4.65. The molecule has 0 unspecified atom stereocenters. The molecule has 3 rings (SSSR count). The average Bonchev–Trinajstić information content (AvgIpc) is 3.04. The van der Waals surface area contributed by atoms with E-state index in [2.05, 4.69) is 10.3 Å². The molecule has 3 aromatic rings. The number of hydrogen-bond donors (Lipinski definition) is 2. The van der Waals surface area contributed by atoms with E-state index in [0.717, 1.165) is 27.8 Å². The third kappa shape index (κ3) is 3.55. The minimum absolute atomic E-state index is 0.256. The van der Waals surface area contributed by atoms with Gasteiger partial charge in [0.25, 0.3) is 0 Å². The highest BCUT2D eigenvalue weighted by atomic mass is 32.1. The van der Waals surface area contributed by atoms with Crippen LogP contribution in [0, 0.1) is 0 Å². The molecule has 24 heavy (non-hydrogen) atoms. The lowest BCUT2D eigenvalue weighted by Crippen LogP contribution is -1.96. The van der Waals surface area contributed by atoms with E-state index in [1.807, 2.05) is 36.6 Å². The molecule has 0 saturated heterocycles. The van der Waals surface area contributed by atoms with E-state index >= 15 is 0 Å².